The average molecular weight is 252 g/mol. The van der Waals surface area contributed by atoms with Crippen molar-refractivity contribution in [3.8, 4) is 5.75 Å². The molecule has 0 aromatic heterocycles. The summed E-state index contributed by atoms with van der Waals surface area (Å²) < 4.78 is 5.17. The standard InChI is InChI=1S/C12H16N2O4/c1-2-3-7-13-12(15)9-18-11-6-4-5-10(8-11)14(16)17/h4-6,8H,2-3,7,9H2,1H3,(H,13,15). The van der Waals surface area contributed by atoms with Gasteiger partial charge in [0.1, 0.15) is 5.75 Å². The van der Waals surface area contributed by atoms with Gasteiger partial charge < -0.3 is 10.1 Å². The van der Waals surface area contributed by atoms with Crippen molar-refractivity contribution in [2.24, 2.45) is 0 Å². The maximum atomic E-state index is 11.3. The number of amides is 1. The topological polar surface area (TPSA) is 81.5 Å². The highest BCUT2D eigenvalue weighted by atomic mass is 16.6. The number of hydrogen-bond acceptors (Lipinski definition) is 4. The fraction of sp³-hybridized carbons (Fsp3) is 0.417. The van der Waals surface area contributed by atoms with Crippen LogP contribution in [0.5, 0.6) is 5.75 Å². The van der Waals surface area contributed by atoms with Crippen molar-refractivity contribution in [1.82, 2.24) is 5.32 Å². The molecule has 1 rings (SSSR count). The summed E-state index contributed by atoms with van der Waals surface area (Å²) in [6, 6.07) is 5.75. The highest BCUT2D eigenvalue weighted by Crippen LogP contribution is 2.18. The van der Waals surface area contributed by atoms with Crippen LogP contribution in [-0.2, 0) is 4.79 Å². The van der Waals surface area contributed by atoms with Gasteiger partial charge in [-0.2, -0.15) is 0 Å². The molecule has 6 nitrogen and oxygen atoms in total. The first-order valence-electron chi connectivity index (χ1n) is 5.77. The second-order valence-electron chi connectivity index (χ2n) is 3.75. The molecule has 0 fully saturated rings. The number of nitro benzene ring substituents is 1. The minimum Gasteiger partial charge on any atom is -0.484 e. The summed E-state index contributed by atoms with van der Waals surface area (Å²) in [7, 11) is 0. The van der Waals surface area contributed by atoms with Crippen LogP contribution in [0, 0.1) is 10.1 Å². The van der Waals surface area contributed by atoms with Gasteiger partial charge in [-0.15, -0.1) is 0 Å². The molecule has 18 heavy (non-hydrogen) atoms. The number of carbonyl (C=O) groups excluding carboxylic acids is 1. The van der Waals surface area contributed by atoms with Crippen LogP contribution in [0.25, 0.3) is 0 Å². The van der Waals surface area contributed by atoms with Crippen LogP contribution < -0.4 is 10.1 Å². The summed E-state index contributed by atoms with van der Waals surface area (Å²) in [6.45, 7) is 2.52. The van der Waals surface area contributed by atoms with Crippen molar-refractivity contribution >= 4 is 11.6 Å². The molecular weight excluding hydrogens is 236 g/mol. The third kappa shape index (κ3) is 4.82. The zero-order chi connectivity index (χ0) is 13.4. The third-order valence-electron chi connectivity index (χ3n) is 2.25. The largest absolute Gasteiger partial charge is 0.484 e. The predicted octanol–water partition coefficient (Wildman–Crippen LogP) is 1.89. The van der Waals surface area contributed by atoms with Gasteiger partial charge in [-0.1, -0.05) is 19.4 Å². The molecule has 0 radical (unpaired) electrons. The SMILES string of the molecule is CCCCNC(=O)COc1cccc([N+](=O)[O-])c1. The second-order valence-corrected chi connectivity index (χ2v) is 3.75. The maximum absolute atomic E-state index is 11.3. The molecule has 0 aliphatic carbocycles. The Kier molecular flexibility index (Phi) is 5.63. The minimum atomic E-state index is -0.506. The van der Waals surface area contributed by atoms with E-state index in [9.17, 15) is 14.9 Å². The number of unbranched alkanes of at least 4 members (excludes halogenated alkanes) is 1. The Hall–Kier alpha value is -2.11. The van der Waals surface area contributed by atoms with Crippen molar-refractivity contribution in [2.75, 3.05) is 13.2 Å². The van der Waals surface area contributed by atoms with Gasteiger partial charge in [-0.25, -0.2) is 0 Å². The van der Waals surface area contributed by atoms with E-state index in [1.165, 1.54) is 18.2 Å². The molecule has 0 spiro atoms. The molecule has 0 saturated carbocycles. The summed E-state index contributed by atoms with van der Waals surface area (Å²) in [5, 5.41) is 13.2. The molecule has 1 amide bonds. The predicted molar refractivity (Wildman–Crippen MR) is 66.5 cm³/mol. The number of nitro groups is 1. The van der Waals surface area contributed by atoms with Gasteiger partial charge >= 0.3 is 0 Å². The molecule has 6 heteroatoms. The number of non-ortho nitro benzene ring substituents is 1. The summed E-state index contributed by atoms with van der Waals surface area (Å²) >= 11 is 0. The van der Waals surface area contributed by atoms with E-state index in [1.54, 1.807) is 6.07 Å². The smallest absolute Gasteiger partial charge is 0.273 e. The molecule has 0 bridgehead atoms. The zero-order valence-corrected chi connectivity index (χ0v) is 10.2. The lowest BCUT2D eigenvalue weighted by Gasteiger charge is -2.06. The minimum absolute atomic E-state index is 0.0566. The Morgan fingerprint density at radius 2 is 2.28 bits per heavy atom. The molecular formula is C12H16N2O4. The number of rotatable bonds is 7. The fourth-order valence-electron chi connectivity index (χ4n) is 1.29. The molecule has 1 aromatic rings. The van der Waals surface area contributed by atoms with Crippen molar-refractivity contribution < 1.29 is 14.5 Å². The maximum Gasteiger partial charge on any atom is 0.273 e. The highest BCUT2D eigenvalue weighted by Gasteiger charge is 2.07. The van der Waals surface area contributed by atoms with Crippen molar-refractivity contribution in [2.45, 2.75) is 19.8 Å². The lowest BCUT2D eigenvalue weighted by molar-refractivity contribution is -0.384. The Bertz CT molecular complexity index is 420. The molecule has 0 aliphatic rings. The van der Waals surface area contributed by atoms with Crippen LogP contribution in [0.3, 0.4) is 0 Å². The zero-order valence-electron chi connectivity index (χ0n) is 10.2. The van der Waals surface area contributed by atoms with Crippen LogP contribution in [0.2, 0.25) is 0 Å². The van der Waals surface area contributed by atoms with Crippen molar-refractivity contribution in [1.29, 1.82) is 0 Å². The van der Waals surface area contributed by atoms with Gasteiger partial charge in [0.25, 0.3) is 11.6 Å². The Labute approximate surface area is 105 Å². The number of benzene rings is 1. The van der Waals surface area contributed by atoms with Crippen LogP contribution in [0.15, 0.2) is 24.3 Å². The van der Waals surface area contributed by atoms with E-state index < -0.39 is 4.92 Å². The average Bonchev–Trinajstić information content (AvgIpc) is 2.37. The molecule has 0 saturated heterocycles. The monoisotopic (exact) mass is 252 g/mol. The lowest BCUT2D eigenvalue weighted by Crippen LogP contribution is -2.29. The summed E-state index contributed by atoms with van der Waals surface area (Å²) in [5.74, 6) is 0.0878. The van der Waals surface area contributed by atoms with Crippen LogP contribution in [0.1, 0.15) is 19.8 Å². The number of ether oxygens (including phenoxy) is 1. The number of nitrogens with zero attached hydrogens (tertiary/aromatic N) is 1. The number of hydrogen-bond donors (Lipinski definition) is 1. The molecule has 0 aliphatic heterocycles. The van der Waals surface area contributed by atoms with E-state index in [-0.39, 0.29) is 18.2 Å². The highest BCUT2D eigenvalue weighted by molar-refractivity contribution is 5.77. The Morgan fingerprint density at radius 3 is 2.94 bits per heavy atom. The van der Waals surface area contributed by atoms with Crippen LogP contribution >= 0.6 is 0 Å². The first-order valence-corrected chi connectivity index (χ1v) is 5.77. The quantitative estimate of drug-likeness (QED) is 0.456. The van der Waals surface area contributed by atoms with Gasteiger partial charge in [0, 0.05) is 12.6 Å². The van der Waals surface area contributed by atoms with E-state index in [0.29, 0.717) is 12.3 Å². The molecule has 0 heterocycles. The Balaban J connectivity index is 2.41. The van der Waals surface area contributed by atoms with Crippen molar-refractivity contribution in [3.05, 3.63) is 34.4 Å². The summed E-state index contributed by atoms with van der Waals surface area (Å²) in [6.07, 6.45) is 1.93. The summed E-state index contributed by atoms with van der Waals surface area (Å²) in [5.41, 5.74) is -0.0566. The third-order valence-corrected chi connectivity index (χ3v) is 2.25. The van der Waals surface area contributed by atoms with E-state index in [4.69, 9.17) is 4.74 Å². The first kappa shape index (κ1) is 14.0. The lowest BCUT2D eigenvalue weighted by atomic mass is 10.3. The molecule has 1 aromatic carbocycles. The second kappa shape index (κ2) is 7.26. The van der Waals surface area contributed by atoms with Gasteiger partial charge in [0.05, 0.1) is 11.0 Å². The van der Waals surface area contributed by atoms with Crippen LogP contribution in [-0.4, -0.2) is 24.0 Å². The number of nitrogens with one attached hydrogen (secondary N) is 1. The van der Waals surface area contributed by atoms with Gasteiger partial charge in [0.2, 0.25) is 0 Å². The van der Waals surface area contributed by atoms with Gasteiger partial charge in [-0.05, 0) is 12.5 Å². The van der Waals surface area contributed by atoms with E-state index >= 15 is 0 Å². The number of carbonyl (C=O) groups is 1. The normalized spacial score (nSPS) is 9.83. The van der Waals surface area contributed by atoms with E-state index in [1.807, 2.05) is 6.92 Å². The van der Waals surface area contributed by atoms with Crippen LogP contribution in [0.4, 0.5) is 5.69 Å². The van der Waals surface area contributed by atoms with Gasteiger partial charge in [-0.3, -0.25) is 14.9 Å². The van der Waals surface area contributed by atoms with Crippen molar-refractivity contribution in [3.63, 3.8) is 0 Å². The van der Waals surface area contributed by atoms with E-state index in [2.05, 4.69) is 5.32 Å². The molecule has 1 N–H and O–H groups in total. The first-order chi connectivity index (χ1) is 8.63. The van der Waals surface area contributed by atoms with E-state index in [0.717, 1.165) is 12.8 Å². The van der Waals surface area contributed by atoms with Gasteiger partial charge in [0.15, 0.2) is 6.61 Å². The summed E-state index contributed by atoms with van der Waals surface area (Å²) in [4.78, 5) is 21.4. The Morgan fingerprint density at radius 1 is 1.50 bits per heavy atom. The molecule has 0 atom stereocenters. The fourth-order valence-corrected chi connectivity index (χ4v) is 1.29. The molecule has 98 valence electrons. The molecule has 0 unspecified atom stereocenters.